The summed E-state index contributed by atoms with van der Waals surface area (Å²) in [4.78, 5) is 6.42. The second-order valence-corrected chi connectivity index (χ2v) is 5.54. The minimum absolute atomic E-state index is 0. The fraction of sp³-hybridized carbons (Fsp3) is 0.692. The van der Waals surface area contributed by atoms with Crippen LogP contribution in [-0.4, -0.2) is 53.3 Å². The van der Waals surface area contributed by atoms with Gasteiger partial charge in [-0.05, 0) is 24.9 Å². The molecule has 0 saturated carbocycles. The van der Waals surface area contributed by atoms with Gasteiger partial charge in [0.1, 0.15) is 0 Å². The summed E-state index contributed by atoms with van der Waals surface area (Å²) in [6.45, 7) is 1.79. The third kappa shape index (κ3) is 7.37. The van der Waals surface area contributed by atoms with Crippen LogP contribution in [0.3, 0.4) is 0 Å². The van der Waals surface area contributed by atoms with Crippen LogP contribution in [0.2, 0.25) is 0 Å². The highest BCUT2D eigenvalue weighted by Gasteiger charge is 2.07. The van der Waals surface area contributed by atoms with Crippen molar-refractivity contribution < 1.29 is 0 Å². The average molecular weight is 411 g/mol. The molecule has 0 amide bonds. The molecule has 20 heavy (non-hydrogen) atoms. The van der Waals surface area contributed by atoms with Gasteiger partial charge >= 0.3 is 0 Å². The summed E-state index contributed by atoms with van der Waals surface area (Å²) in [7, 11) is 5.80. The number of nitrogens with zero attached hydrogens (tertiary/aromatic N) is 4. The first-order valence-electron chi connectivity index (χ1n) is 6.55. The van der Waals surface area contributed by atoms with Crippen LogP contribution < -0.4 is 5.32 Å². The van der Waals surface area contributed by atoms with Crippen molar-refractivity contribution in [3.05, 3.63) is 18.0 Å². The van der Waals surface area contributed by atoms with E-state index in [9.17, 15) is 0 Å². The molecule has 0 spiro atoms. The first-order valence-corrected chi connectivity index (χ1v) is 7.95. The van der Waals surface area contributed by atoms with E-state index in [0.717, 1.165) is 19.0 Å². The number of aromatic nitrogens is 2. The number of aliphatic imine (C=N–C) groups is 1. The van der Waals surface area contributed by atoms with Gasteiger partial charge in [0.15, 0.2) is 5.96 Å². The Labute approximate surface area is 143 Å². The second-order valence-electron chi connectivity index (χ2n) is 4.55. The molecule has 0 fully saturated rings. The number of thioether (sulfide) groups is 1. The van der Waals surface area contributed by atoms with Crippen molar-refractivity contribution in [2.75, 3.05) is 32.6 Å². The first-order chi connectivity index (χ1) is 9.17. The van der Waals surface area contributed by atoms with Gasteiger partial charge in [-0.15, -0.1) is 24.0 Å². The van der Waals surface area contributed by atoms with Gasteiger partial charge in [0.25, 0.3) is 0 Å². The molecule has 1 aromatic rings. The molecule has 0 aliphatic carbocycles. The molecule has 1 aromatic heterocycles. The lowest BCUT2D eigenvalue weighted by Crippen LogP contribution is -2.38. The highest BCUT2D eigenvalue weighted by atomic mass is 127. The Balaban J connectivity index is 0.00000361. The van der Waals surface area contributed by atoms with Crippen molar-refractivity contribution in [2.24, 2.45) is 12.0 Å². The van der Waals surface area contributed by atoms with E-state index in [4.69, 9.17) is 0 Å². The largest absolute Gasteiger partial charge is 0.356 e. The molecular weight excluding hydrogens is 385 g/mol. The van der Waals surface area contributed by atoms with Gasteiger partial charge in [0.05, 0.1) is 6.20 Å². The zero-order valence-corrected chi connectivity index (χ0v) is 15.9. The first kappa shape index (κ1) is 19.6. The van der Waals surface area contributed by atoms with Gasteiger partial charge in [0, 0.05) is 46.0 Å². The van der Waals surface area contributed by atoms with E-state index in [1.165, 1.54) is 24.2 Å². The minimum Gasteiger partial charge on any atom is -0.356 e. The maximum Gasteiger partial charge on any atom is 0.193 e. The summed E-state index contributed by atoms with van der Waals surface area (Å²) in [6, 6.07) is 0. The molecule has 0 bridgehead atoms. The van der Waals surface area contributed by atoms with Gasteiger partial charge in [0.2, 0.25) is 0 Å². The standard InChI is InChI=1S/C13H25N5S.HI/c1-14-13(15-7-5-6-8-19-4)17(2)10-12-9-16-18(3)11-12;/h9,11H,5-8,10H2,1-4H3,(H,14,15);1H. The molecular formula is C13H26IN5S. The lowest BCUT2D eigenvalue weighted by Gasteiger charge is -2.21. The Morgan fingerprint density at radius 3 is 2.80 bits per heavy atom. The number of halogens is 1. The number of hydrogen-bond donors (Lipinski definition) is 1. The number of aryl methyl sites for hydroxylation is 1. The molecule has 0 atom stereocenters. The van der Waals surface area contributed by atoms with Crippen LogP contribution in [0, 0.1) is 0 Å². The molecule has 0 aromatic carbocycles. The predicted octanol–water partition coefficient (Wildman–Crippen LogP) is 2.19. The minimum atomic E-state index is 0. The van der Waals surface area contributed by atoms with Crippen LogP contribution in [0.15, 0.2) is 17.4 Å². The van der Waals surface area contributed by atoms with E-state index in [-0.39, 0.29) is 24.0 Å². The van der Waals surface area contributed by atoms with Crippen LogP contribution >= 0.6 is 35.7 Å². The molecule has 1 rings (SSSR count). The summed E-state index contributed by atoms with van der Waals surface area (Å²) < 4.78 is 1.82. The van der Waals surface area contributed by atoms with Crippen LogP contribution in [0.25, 0.3) is 0 Å². The number of nitrogens with one attached hydrogen (secondary N) is 1. The van der Waals surface area contributed by atoms with E-state index < -0.39 is 0 Å². The van der Waals surface area contributed by atoms with Crippen molar-refractivity contribution >= 4 is 41.7 Å². The number of guanidine groups is 1. The van der Waals surface area contributed by atoms with Gasteiger partial charge in [-0.25, -0.2) is 0 Å². The normalized spacial score (nSPS) is 11.1. The Kier molecular flexibility index (Phi) is 11.0. The van der Waals surface area contributed by atoms with Crippen molar-refractivity contribution in [1.82, 2.24) is 20.0 Å². The Hall–Kier alpha value is -0.440. The fourth-order valence-electron chi connectivity index (χ4n) is 1.86. The van der Waals surface area contributed by atoms with Crippen LogP contribution in [0.4, 0.5) is 0 Å². The topological polar surface area (TPSA) is 45.5 Å². The van der Waals surface area contributed by atoms with Crippen molar-refractivity contribution in [2.45, 2.75) is 19.4 Å². The molecule has 0 radical (unpaired) electrons. The quantitative estimate of drug-likeness (QED) is 0.324. The zero-order valence-electron chi connectivity index (χ0n) is 12.8. The summed E-state index contributed by atoms with van der Waals surface area (Å²) in [5.41, 5.74) is 1.19. The van der Waals surface area contributed by atoms with E-state index in [1.54, 1.807) is 0 Å². The van der Waals surface area contributed by atoms with Crippen molar-refractivity contribution in [3.63, 3.8) is 0 Å². The summed E-state index contributed by atoms with van der Waals surface area (Å²) in [5.74, 6) is 2.17. The molecule has 0 aliphatic heterocycles. The predicted molar refractivity (Wildman–Crippen MR) is 99.1 cm³/mol. The molecule has 0 aliphatic rings. The van der Waals surface area contributed by atoms with Gasteiger partial charge in [-0.2, -0.15) is 16.9 Å². The van der Waals surface area contributed by atoms with Gasteiger partial charge in [-0.3, -0.25) is 9.67 Å². The molecule has 0 unspecified atom stereocenters. The summed E-state index contributed by atoms with van der Waals surface area (Å²) >= 11 is 1.90. The lowest BCUT2D eigenvalue weighted by molar-refractivity contribution is 0.475. The summed E-state index contributed by atoms with van der Waals surface area (Å²) in [5, 5.41) is 7.57. The Bertz CT molecular complexity index is 394. The third-order valence-electron chi connectivity index (χ3n) is 2.81. The SMILES string of the molecule is CN=C(NCCCCSC)N(C)Cc1cnn(C)c1.I. The maximum absolute atomic E-state index is 4.31. The highest BCUT2D eigenvalue weighted by molar-refractivity contribution is 14.0. The van der Waals surface area contributed by atoms with Crippen LogP contribution in [0.1, 0.15) is 18.4 Å². The van der Waals surface area contributed by atoms with E-state index in [0.29, 0.717) is 0 Å². The second kappa shape index (κ2) is 11.2. The van der Waals surface area contributed by atoms with Gasteiger partial charge in [-0.1, -0.05) is 0 Å². The molecule has 1 N–H and O–H groups in total. The zero-order chi connectivity index (χ0) is 14.1. The van der Waals surface area contributed by atoms with Crippen LogP contribution in [0.5, 0.6) is 0 Å². The number of hydrogen-bond acceptors (Lipinski definition) is 3. The summed E-state index contributed by atoms with van der Waals surface area (Å²) in [6.07, 6.45) is 8.50. The molecule has 7 heteroatoms. The Morgan fingerprint density at radius 2 is 2.25 bits per heavy atom. The van der Waals surface area contributed by atoms with Crippen molar-refractivity contribution in [1.29, 1.82) is 0 Å². The van der Waals surface area contributed by atoms with E-state index in [2.05, 4.69) is 26.6 Å². The smallest absolute Gasteiger partial charge is 0.193 e. The lowest BCUT2D eigenvalue weighted by atomic mass is 10.3. The highest BCUT2D eigenvalue weighted by Crippen LogP contribution is 2.02. The number of rotatable bonds is 7. The third-order valence-corrected chi connectivity index (χ3v) is 3.51. The Morgan fingerprint density at radius 1 is 1.50 bits per heavy atom. The van der Waals surface area contributed by atoms with E-state index >= 15 is 0 Å². The molecule has 5 nitrogen and oxygen atoms in total. The van der Waals surface area contributed by atoms with Crippen molar-refractivity contribution in [3.8, 4) is 0 Å². The fourth-order valence-corrected chi connectivity index (χ4v) is 2.35. The monoisotopic (exact) mass is 411 g/mol. The van der Waals surface area contributed by atoms with E-state index in [1.807, 2.05) is 50.0 Å². The molecule has 0 saturated heterocycles. The van der Waals surface area contributed by atoms with Gasteiger partial charge < -0.3 is 10.2 Å². The molecule has 116 valence electrons. The maximum atomic E-state index is 4.31. The number of unbranched alkanes of at least 4 members (excludes halogenated alkanes) is 1. The van der Waals surface area contributed by atoms with Crippen LogP contribution in [-0.2, 0) is 13.6 Å². The average Bonchev–Trinajstić information content (AvgIpc) is 2.79. The molecule has 1 heterocycles.